The number of methoxy groups -OCH3 is 1. The zero-order valence-corrected chi connectivity index (χ0v) is 25.9. The van der Waals surface area contributed by atoms with Gasteiger partial charge in [0, 0.05) is 43.4 Å². The maximum atomic E-state index is 13.7. The topological polar surface area (TPSA) is 101 Å². The third kappa shape index (κ3) is 8.88. The first-order chi connectivity index (χ1) is 20.4. The molecule has 2 N–H and O–H groups in total. The van der Waals surface area contributed by atoms with Crippen LogP contribution in [0.4, 0.5) is 22.0 Å². The molecule has 1 unspecified atom stereocenters. The smallest absolute Gasteiger partial charge is 0.322 e. The molecule has 1 heterocycles. The number of hydrogen-bond donors (Lipinski definition) is 2. The summed E-state index contributed by atoms with van der Waals surface area (Å²) in [7, 11) is 1.57. The lowest BCUT2D eigenvalue weighted by molar-refractivity contribution is -0.142. The summed E-state index contributed by atoms with van der Waals surface area (Å²) in [6.45, 7) is 18.4. The Kier molecular flexibility index (Phi) is 13.0. The Balaban J connectivity index is 1.93. The fourth-order valence-electron chi connectivity index (χ4n) is 4.60. The molecular formula is C32H46N6O4. The van der Waals surface area contributed by atoms with Crippen LogP contribution in [0.5, 0.6) is 5.75 Å². The van der Waals surface area contributed by atoms with Crippen LogP contribution in [0, 0.1) is 0 Å². The molecule has 228 valence electrons. The number of anilines is 3. The SMILES string of the molecule is C=CC(C)c1cccc(Nc2ncnc3cc(OC)c(NC(=O)N(CCN(CC)CC)CC(OCC)OCC)cc23)c1. The predicted octanol–water partition coefficient (Wildman–Crippen LogP) is 6.25. The average molecular weight is 579 g/mol. The summed E-state index contributed by atoms with van der Waals surface area (Å²) < 4.78 is 17.2. The number of nitrogens with one attached hydrogen (secondary N) is 2. The largest absolute Gasteiger partial charge is 0.494 e. The number of amides is 2. The molecule has 0 bridgehead atoms. The second-order valence-corrected chi connectivity index (χ2v) is 9.81. The van der Waals surface area contributed by atoms with E-state index in [2.05, 4.69) is 65.0 Å². The van der Waals surface area contributed by atoms with Crippen LogP contribution in [0.25, 0.3) is 10.9 Å². The number of likely N-dealkylation sites (N-methyl/N-ethyl adjacent to an activating group) is 1. The van der Waals surface area contributed by atoms with Crippen molar-refractivity contribution >= 4 is 34.1 Å². The van der Waals surface area contributed by atoms with E-state index >= 15 is 0 Å². The molecule has 0 aliphatic carbocycles. The van der Waals surface area contributed by atoms with Crippen molar-refractivity contribution in [1.82, 2.24) is 19.8 Å². The van der Waals surface area contributed by atoms with Crippen molar-refractivity contribution in [2.75, 3.05) is 63.7 Å². The number of nitrogens with zero attached hydrogens (tertiary/aromatic N) is 4. The summed E-state index contributed by atoms with van der Waals surface area (Å²) >= 11 is 0. The fourth-order valence-corrected chi connectivity index (χ4v) is 4.60. The molecule has 1 atom stereocenters. The van der Waals surface area contributed by atoms with E-state index in [4.69, 9.17) is 14.2 Å². The van der Waals surface area contributed by atoms with Crippen molar-refractivity contribution in [2.45, 2.75) is 46.8 Å². The molecule has 3 rings (SSSR count). The number of benzene rings is 2. The fraction of sp³-hybridized carbons (Fsp3) is 0.469. The van der Waals surface area contributed by atoms with Crippen LogP contribution >= 0.6 is 0 Å². The van der Waals surface area contributed by atoms with E-state index in [9.17, 15) is 4.79 Å². The van der Waals surface area contributed by atoms with Gasteiger partial charge in [-0.25, -0.2) is 14.8 Å². The zero-order valence-electron chi connectivity index (χ0n) is 25.9. The van der Waals surface area contributed by atoms with Crippen LogP contribution in [0.1, 0.15) is 46.1 Å². The van der Waals surface area contributed by atoms with E-state index in [1.807, 2.05) is 38.1 Å². The lowest BCUT2D eigenvalue weighted by Crippen LogP contribution is -2.45. The highest BCUT2D eigenvalue weighted by Gasteiger charge is 2.22. The van der Waals surface area contributed by atoms with Gasteiger partial charge in [0.05, 0.1) is 24.9 Å². The molecule has 0 saturated carbocycles. The number of allylic oxidation sites excluding steroid dienone is 1. The molecule has 10 heteroatoms. The van der Waals surface area contributed by atoms with E-state index in [1.54, 1.807) is 18.1 Å². The standard InChI is InChI=1S/C32H46N6O4/c1-8-23(6)24-14-13-15-25(18-24)35-31-26-19-28(29(40-7)20-27(26)33-22-34-31)36-32(39)38(17-16-37(9-2)10-3)21-30(41-11-4)42-12-5/h8,13-15,18-20,22-23,30H,1,9-12,16-17,21H2,2-7H3,(H,36,39)(H,33,34,35). The van der Waals surface area contributed by atoms with Crippen LogP contribution in [0.15, 0.2) is 55.4 Å². The van der Waals surface area contributed by atoms with Gasteiger partial charge in [0.15, 0.2) is 6.29 Å². The van der Waals surface area contributed by atoms with E-state index < -0.39 is 6.29 Å². The maximum Gasteiger partial charge on any atom is 0.322 e. The van der Waals surface area contributed by atoms with Gasteiger partial charge in [-0.2, -0.15) is 0 Å². The predicted molar refractivity (Wildman–Crippen MR) is 170 cm³/mol. The number of rotatable bonds is 17. The lowest BCUT2D eigenvalue weighted by atomic mass is 10.0. The molecule has 0 saturated heterocycles. The molecule has 0 aliphatic heterocycles. The van der Waals surface area contributed by atoms with Crippen molar-refractivity contribution in [3.63, 3.8) is 0 Å². The Morgan fingerprint density at radius 2 is 1.79 bits per heavy atom. The quantitative estimate of drug-likeness (QED) is 0.143. The molecule has 0 radical (unpaired) electrons. The normalized spacial score (nSPS) is 12.0. The number of carbonyl (C=O) groups is 1. The lowest BCUT2D eigenvalue weighted by Gasteiger charge is -2.30. The van der Waals surface area contributed by atoms with Crippen LogP contribution in [0.2, 0.25) is 0 Å². The number of fused-ring (bicyclic) bond motifs is 1. The van der Waals surface area contributed by atoms with Crippen molar-refractivity contribution in [3.05, 3.63) is 60.9 Å². The Labute approximate surface area is 250 Å². The number of ether oxygens (including phenoxy) is 3. The van der Waals surface area contributed by atoms with E-state index in [0.29, 0.717) is 49.1 Å². The van der Waals surface area contributed by atoms with Gasteiger partial charge in [0.1, 0.15) is 17.9 Å². The number of urea groups is 1. The van der Waals surface area contributed by atoms with Gasteiger partial charge in [-0.05, 0) is 56.6 Å². The van der Waals surface area contributed by atoms with E-state index in [-0.39, 0.29) is 11.9 Å². The second-order valence-electron chi connectivity index (χ2n) is 9.81. The molecule has 0 fully saturated rings. The van der Waals surface area contributed by atoms with Gasteiger partial charge < -0.3 is 34.6 Å². The van der Waals surface area contributed by atoms with Crippen LogP contribution < -0.4 is 15.4 Å². The highest BCUT2D eigenvalue weighted by molar-refractivity contribution is 5.99. The molecule has 42 heavy (non-hydrogen) atoms. The van der Waals surface area contributed by atoms with E-state index in [0.717, 1.165) is 36.3 Å². The highest BCUT2D eigenvalue weighted by Crippen LogP contribution is 2.33. The van der Waals surface area contributed by atoms with Gasteiger partial charge in [-0.3, -0.25) is 0 Å². The summed E-state index contributed by atoms with van der Waals surface area (Å²) in [5.41, 5.74) is 3.23. The average Bonchev–Trinajstić information content (AvgIpc) is 3.00. The van der Waals surface area contributed by atoms with Crippen LogP contribution in [-0.4, -0.2) is 85.1 Å². The highest BCUT2D eigenvalue weighted by atomic mass is 16.7. The summed E-state index contributed by atoms with van der Waals surface area (Å²) in [5.74, 6) is 1.33. The second kappa shape index (κ2) is 16.6. The number of aromatic nitrogens is 2. The first-order valence-electron chi connectivity index (χ1n) is 14.7. The molecule has 10 nitrogen and oxygen atoms in total. The number of carbonyl (C=O) groups excluding carboxylic acids is 1. The first kappa shape index (κ1) is 32.8. The summed E-state index contributed by atoms with van der Waals surface area (Å²) in [5, 5.41) is 7.23. The summed E-state index contributed by atoms with van der Waals surface area (Å²) in [6.07, 6.45) is 2.90. The van der Waals surface area contributed by atoms with E-state index in [1.165, 1.54) is 6.33 Å². The van der Waals surface area contributed by atoms with Crippen molar-refractivity contribution in [1.29, 1.82) is 0 Å². The molecule has 0 aliphatic rings. The molecule has 0 spiro atoms. The molecular weight excluding hydrogens is 532 g/mol. The third-order valence-electron chi connectivity index (χ3n) is 7.17. The van der Waals surface area contributed by atoms with Crippen LogP contribution in [-0.2, 0) is 9.47 Å². The van der Waals surface area contributed by atoms with Crippen LogP contribution in [0.3, 0.4) is 0 Å². The number of hydrogen-bond acceptors (Lipinski definition) is 8. The summed E-state index contributed by atoms with van der Waals surface area (Å²) in [4.78, 5) is 26.7. The molecule has 1 aromatic heterocycles. The van der Waals surface area contributed by atoms with Gasteiger partial charge in [0.2, 0.25) is 0 Å². The minimum Gasteiger partial charge on any atom is -0.494 e. The third-order valence-corrected chi connectivity index (χ3v) is 7.17. The Hall–Kier alpha value is -3.73. The Bertz CT molecular complexity index is 1290. The van der Waals surface area contributed by atoms with Gasteiger partial charge in [-0.15, -0.1) is 6.58 Å². The molecule has 3 aromatic rings. The van der Waals surface area contributed by atoms with Crippen molar-refractivity contribution < 1.29 is 19.0 Å². The monoisotopic (exact) mass is 578 g/mol. The minimum atomic E-state index is -0.523. The Morgan fingerprint density at radius 3 is 2.43 bits per heavy atom. The first-order valence-corrected chi connectivity index (χ1v) is 14.7. The summed E-state index contributed by atoms with van der Waals surface area (Å²) in [6, 6.07) is 11.5. The van der Waals surface area contributed by atoms with Gasteiger partial charge in [0.25, 0.3) is 0 Å². The van der Waals surface area contributed by atoms with Gasteiger partial charge in [-0.1, -0.05) is 39.0 Å². The van der Waals surface area contributed by atoms with Crippen molar-refractivity contribution in [3.8, 4) is 5.75 Å². The Morgan fingerprint density at radius 1 is 1.05 bits per heavy atom. The minimum absolute atomic E-state index is 0.217. The zero-order chi connectivity index (χ0) is 30.5. The molecule has 2 aromatic carbocycles. The maximum absolute atomic E-state index is 13.7. The molecule has 2 amide bonds. The van der Waals surface area contributed by atoms with Crippen molar-refractivity contribution in [2.24, 2.45) is 0 Å². The van der Waals surface area contributed by atoms with Gasteiger partial charge >= 0.3 is 6.03 Å².